The number of likely N-dealkylation sites (tertiary alicyclic amines) is 1. The van der Waals surface area contributed by atoms with Crippen molar-refractivity contribution in [1.82, 2.24) is 10.2 Å². The van der Waals surface area contributed by atoms with Crippen molar-refractivity contribution in [1.29, 1.82) is 0 Å². The molecule has 1 aliphatic rings. The molecule has 0 amide bonds. The molecule has 2 atom stereocenters. The molecule has 1 aliphatic heterocycles. The van der Waals surface area contributed by atoms with Crippen LogP contribution in [0, 0.1) is 11.8 Å². The van der Waals surface area contributed by atoms with Crippen molar-refractivity contribution >= 4 is 0 Å². The summed E-state index contributed by atoms with van der Waals surface area (Å²) < 4.78 is 0. The lowest BCUT2D eigenvalue weighted by atomic mass is 9.92. The van der Waals surface area contributed by atoms with Gasteiger partial charge in [0.1, 0.15) is 0 Å². The Morgan fingerprint density at radius 2 is 1.61 bits per heavy atom. The molecule has 0 aromatic carbocycles. The third kappa shape index (κ3) is 7.38. The lowest BCUT2D eigenvalue weighted by molar-refractivity contribution is 0.138. The summed E-state index contributed by atoms with van der Waals surface area (Å²) >= 11 is 0. The van der Waals surface area contributed by atoms with Crippen LogP contribution in [0.4, 0.5) is 0 Å². The minimum Gasteiger partial charge on any atom is -0.315 e. The zero-order valence-electron chi connectivity index (χ0n) is 13.0. The van der Waals surface area contributed by atoms with Crippen LogP contribution in [0.15, 0.2) is 0 Å². The molecule has 0 aromatic rings. The first-order valence-electron chi connectivity index (χ1n) is 8.03. The molecule has 2 nitrogen and oxygen atoms in total. The fourth-order valence-corrected chi connectivity index (χ4v) is 3.18. The van der Waals surface area contributed by atoms with Crippen molar-refractivity contribution in [2.75, 3.05) is 26.2 Å². The Morgan fingerprint density at radius 1 is 1.00 bits per heavy atom. The van der Waals surface area contributed by atoms with Gasteiger partial charge in [-0.1, -0.05) is 40.5 Å². The number of unbranched alkanes of at least 4 members (excludes halogenated alkanes) is 3. The fraction of sp³-hybridized carbons (Fsp3) is 1.00. The van der Waals surface area contributed by atoms with E-state index < -0.39 is 0 Å². The summed E-state index contributed by atoms with van der Waals surface area (Å²) in [6.45, 7) is 14.4. The van der Waals surface area contributed by atoms with Crippen LogP contribution in [0.25, 0.3) is 0 Å². The van der Waals surface area contributed by atoms with Gasteiger partial charge in [-0.15, -0.1) is 0 Å². The number of nitrogens with zero attached hydrogens (tertiary/aromatic N) is 1. The molecule has 0 aromatic heterocycles. The number of piperidine rings is 1. The molecule has 18 heavy (non-hydrogen) atoms. The van der Waals surface area contributed by atoms with E-state index >= 15 is 0 Å². The third-order valence-corrected chi connectivity index (χ3v) is 3.90. The molecule has 1 saturated heterocycles. The summed E-state index contributed by atoms with van der Waals surface area (Å²) in [5, 5.41) is 3.49. The summed E-state index contributed by atoms with van der Waals surface area (Å²) in [5.41, 5.74) is 0. The average Bonchev–Trinajstić information content (AvgIpc) is 2.26. The fourth-order valence-electron chi connectivity index (χ4n) is 3.18. The molecule has 2 heteroatoms. The molecule has 0 radical (unpaired) electrons. The third-order valence-electron chi connectivity index (χ3n) is 3.90. The van der Waals surface area contributed by atoms with Gasteiger partial charge in [0.25, 0.3) is 0 Å². The first-order valence-corrected chi connectivity index (χ1v) is 8.03. The van der Waals surface area contributed by atoms with Gasteiger partial charge in [0.15, 0.2) is 0 Å². The van der Waals surface area contributed by atoms with Crippen molar-refractivity contribution in [3.05, 3.63) is 0 Å². The van der Waals surface area contributed by atoms with Crippen molar-refractivity contribution in [2.24, 2.45) is 11.8 Å². The summed E-state index contributed by atoms with van der Waals surface area (Å²) in [6.07, 6.45) is 6.95. The van der Waals surface area contributed by atoms with Gasteiger partial charge in [0.05, 0.1) is 0 Å². The van der Waals surface area contributed by atoms with E-state index in [2.05, 4.69) is 37.9 Å². The van der Waals surface area contributed by atoms with Crippen molar-refractivity contribution in [2.45, 2.75) is 65.8 Å². The van der Waals surface area contributed by atoms with Gasteiger partial charge in [0, 0.05) is 19.1 Å². The molecular weight excluding hydrogens is 220 g/mol. The Balaban J connectivity index is 1.94. The predicted octanol–water partition coefficient (Wildman–Crippen LogP) is 3.52. The average molecular weight is 254 g/mol. The second-order valence-electron chi connectivity index (χ2n) is 6.73. The normalized spacial score (nSPS) is 25.8. The Kier molecular flexibility index (Phi) is 7.92. The van der Waals surface area contributed by atoms with Gasteiger partial charge in [-0.25, -0.2) is 0 Å². The van der Waals surface area contributed by atoms with E-state index in [1.807, 2.05) is 0 Å². The minimum absolute atomic E-state index is 0.640. The molecule has 0 spiro atoms. The molecule has 1 heterocycles. The highest BCUT2D eigenvalue weighted by Gasteiger charge is 2.20. The van der Waals surface area contributed by atoms with Gasteiger partial charge in [-0.05, 0) is 44.2 Å². The Bertz CT molecular complexity index is 193. The first kappa shape index (κ1) is 16.0. The lowest BCUT2D eigenvalue weighted by Gasteiger charge is -2.34. The molecule has 2 unspecified atom stereocenters. The maximum absolute atomic E-state index is 3.49. The van der Waals surface area contributed by atoms with Crippen LogP contribution in [0.2, 0.25) is 0 Å². The van der Waals surface area contributed by atoms with E-state index in [0.29, 0.717) is 6.04 Å². The second kappa shape index (κ2) is 8.92. The summed E-state index contributed by atoms with van der Waals surface area (Å²) in [5.74, 6) is 1.81. The summed E-state index contributed by atoms with van der Waals surface area (Å²) in [6, 6.07) is 0.640. The molecule has 0 bridgehead atoms. The van der Waals surface area contributed by atoms with E-state index in [-0.39, 0.29) is 0 Å². The minimum atomic E-state index is 0.640. The summed E-state index contributed by atoms with van der Waals surface area (Å²) in [4.78, 5) is 2.69. The van der Waals surface area contributed by atoms with Crippen LogP contribution < -0.4 is 5.32 Å². The molecule has 0 aliphatic carbocycles. The van der Waals surface area contributed by atoms with E-state index in [1.165, 1.54) is 58.3 Å². The van der Waals surface area contributed by atoms with Crippen molar-refractivity contribution in [3.63, 3.8) is 0 Å². The molecule has 1 fully saturated rings. The van der Waals surface area contributed by atoms with Crippen LogP contribution in [0.1, 0.15) is 59.8 Å². The highest BCUT2D eigenvalue weighted by molar-refractivity contribution is 4.74. The zero-order valence-corrected chi connectivity index (χ0v) is 13.0. The van der Waals surface area contributed by atoms with Crippen LogP contribution in [-0.2, 0) is 0 Å². The SMILES string of the molecule is CC1CC(C)CN(CCCCCCNC(C)C)C1. The van der Waals surface area contributed by atoms with Gasteiger partial charge >= 0.3 is 0 Å². The van der Waals surface area contributed by atoms with E-state index in [4.69, 9.17) is 0 Å². The standard InChI is InChI=1S/C16H34N2/c1-14(2)17-9-7-5-6-8-10-18-12-15(3)11-16(4)13-18/h14-17H,5-13H2,1-4H3. The van der Waals surface area contributed by atoms with Crippen LogP contribution in [0.5, 0.6) is 0 Å². The lowest BCUT2D eigenvalue weighted by Crippen LogP contribution is -2.39. The largest absolute Gasteiger partial charge is 0.315 e. The van der Waals surface area contributed by atoms with Crippen molar-refractivity contribution < 1.29 is 0 Å². The molecular formula is C16H34N2. The van der Waals surface area contributed by atoms with Crippen LogP contribution >= 0.6 is 0 Å². The van der Waals surface area contributed by atoms with Crippen LogP contribution in [-0.4, -0.2) is 37.1 Å². The topological polar surface area (TPSA) is 15.3 Å². The zero-order chi connectivity index (χ0) is 13.4. The number of hydrogen-bond donors (Lipinski definition) is 1. The quantitative estimate of drug-likeness (QED) is 0.667. The molecule has 1 N–H and O–H groups in total. The predicted molar refractivity (Wildman–Crippen MR) is 81.0 cm³/mol. The molecule has 108 valence electrons. The number of hydrogen-bond acceptors (Lipinski definition) is 2. The van der Waals surface area contributed by atoms with E-state index in [9.17, 15) is 0 Å². The van der Waals surface area contributed by atoms with Crippen LogP contribution in [0.3, 0.4) is 0 Å². The van der Waals surface area contributed by atoms with Gasteiger partial charge in [0.2, 0.25) is 0 Å². The van der Waals surface area contributed by atoms with E-state index in [1.54, 1.807) is 0 Å². The van der Waals surface area contributed by atoms with E-state index in [0.717, 1.165) is 11.8 Å². The highest BCUT2D eigenvalue weighted by atomic mass is 15.1. The summed E-state index contributed by atoms with van der Waals surface area (Å²) in [7, 11) is 0. The maximum Gasteiger partial charge on any atom is 0.00103 e. The monoisotopic (exact) mass is 254 g/mol. The molecule has 1 rings (SSSR count). The van der Waals surface area contributed by atoms with Gasteiger partial charge < -0.3 is 10.2 Å². The van der Waals surface area contributed by atoms with Gasteiger partial charge in [-0.2, -0.15) is 0 Å². The highest BCUT2D eigenvalue weighted by Crippen LogP contribution is 2.21. The maximum atomic E-state index is 3.49. The Morgan fingerprint density at radius 3 is 2.22 bits per heavy atom. The van der Waals surface area contributed by atoms with Crippen molar-refractivity contribution in [3.8, 4) is 0 Å². The first-order chi connectivity index (χ1) is 8.58. The number of nitrogens with one attached hydrogen (secondary N) is 1. The Hall–Kier alpha value is -0.0800. The smallest absolute Gasteiger partial charge is 0.00103 e. The van der Waals surface area contributed by atoms with Gasteiger partial charge in [-0.3, -0.25) is 0 Å². The Labute approximate surface area is 115 Å². The number of rotatable bonds is 8. The second-order valence-corrected chi connectivity index (χ2v) is 6.73. The molecule has 0 saturated carbocycles.